The second-order valence-corrected chi connectivity index (χ2v) is 3.41. The summed E-state index contributed by atoms with van der Waals surface area (Å²) in [4.78, 5) is 0. The number of rotatable bonds is 2. The van der Waals surface area contributed by atoms with Gasteiger partial charge in [-0.05, 0) is 23.6 Å². The fourth-order valence-corrected chi connectivity index (χ4v) is 1.30. The van der Waals surface area contributed by atoms with Crippen LogP contribution in [0.2, 0.25) is 0 Å². The van der Waals surface area contributed by atoms with Crippen LogP contribution in [0.1, 0.15) is 38.2 Å². The molecule has 0 aromatic heterocycles. The summed E-state index contributed by atoms with van der Waals surface area (Å²) in [6.45, 7) is 4.17. The Morgan fingerprint density at radius 1 is 1.36 bits per heavy atom. The second kappa shape index (κ2) is 5.34. The van der Waals surface area contributed by atoms with Gasteiger partial charge in [-0.2, -0.15) is 0 Å². The normalized spacial score (nSPS) is 11.6. The van der Waals surface area contributed by atoms with Gasteiger partial charge in [0.1, 0.15) is 5.75 Å². The van der Waals surface area contributed by atoms with Gasteiger partial charge in [0.05, 0.1) is 0 Å². The van der Waals surface area contributed by atoms with E-state index in [9.17, 15) is 5.11 Å². The molecule has 74 valence electrons. The van der Waals surface area contributed by atoms with Gasteiger partial charge in [-0.15, -0.1) is 11.8 Å². The molecule has 0 heterocycles. The molecule has 0 amide bonds. The van der Waals surface area contributed by atoms with Crippen molar-refractivity contribution >= 4 is 0 Å². The largest absolute Gasteiger partial charge is 0.508 e. The first-order chi connectivity index (χ1) is 6.74. The maximum Gasteiger partial charge on any atom is 0.115 e. The van der Waals surface area contributed by atoms with Crippen LogP contribution < -0.4 is 0 Å². The highest BCUT2D eigenvalue weighted by atomic mass is 16.3. The van der Waals surface area contributed by atoms with E-state index in [-0.39, 0.29) is 0 Å². The maximum atomic E-state index is 9.30. The van der Waals surface area contributed by atoms with E-state index in [0.717, 1.165) is 18.4 Å². The van der Waals surface area contributed by atoms with E-state index in [4.69, 9.17) is 0 Å². The van der Waals surface area contributed by atoms with Gasteiger partial charge in [-0.3, -0.25) is 0 Å². The Kier molecular flexibility index (Phi) is 4.07. The molecule has 0 aliphatic carbocycles. The van der Waals surface area contributed by atoms with Crippen molar-refractivity contribution in [3.63, 3.8) is 0 Å². The van der Waals surface area contributed by atoms with Crippen LogP contribution in [-0.2, 0) is 0 Å². The van der Waals surface area contributed by atoms with Gasteiger partial charge in [0, 0.05) is 12.8 Å². The number of benzene rings is 1. The van der Waals surface area contributed by atoms with Crippen LogP contribution in [0.15, 0.2) is 24.3 Å². The van der Waals surface area contributed by atoms with Crippen LogP contribution in [0.3, 0.4) is 0 Å². The molecular formula is C13H16O. The van der Waals surface area contributed by atoms with Gasteiger partial charge < -0.3 is 5.11 Å². The highest BCUT2D eigenvalue weighted by Crippen LogP contribution is 2.21. The molecule has 1 N–H and O–H groups in total. The lowest BCUT2D eigenvalue weighted by Gasteiger charge is -2.07. The Morgan fingerprint density at radius 2 is 2.14 bits per heavy atom. The highest BCUT2D eigenvalue weighted by Gasteiger charge is 2.03. The SMILES string of the molecule is CCC#CCC(C)c1cccc(O)c1. The number of phenolic OH excluding ortho intramolecular Hbond substituents is 1. The summed E-state index contributed by atoms with van der Waals surface area (Å²) >= 11 is 0. The minimum atomic E-state index is 0.331. The Balaban J connectivity index is 2.64. The number of aromatic hydroxyl groups is 1. The summed E-state index contributed by atoms with van der Waals surface area (Å²) in [6.07, 6.45) is 1.77. The van der Waals surface area contributed by atoms with E-state index in [1.807, 2.05) is 19.1 Å². The molecule has 1 nitrogen and oxygen atoms in total. The maximum absolute atomic E-state index is 9.30. The molecule has 0 fully saturated rings. The van der Waals surface area contributed by atoms with Crippen molar-refractivity contribution in [3.05, 3.63) is 29.8 Å². The predicted octanol–water partition coefficient (Wildman–Crippen LogP) is 3.30. The quantitative estimate of drug-likeness (QED) is 0.706. The zero-order chi connectivity index (χ0) is 10.4. The molecule has 1 rings (SSSR count). The molecule has 0 aliphatic heterocycles. The van der Waals surface area contributed by atoms with E-state index >= 15 is 0 Å². The zero-order valence-corrected chi connectivity index (χ0v) is 8.75. The topological polar surface area (TPSA) is 20.2 Å². The Morgan fingerprint density at radius 3 is 2.79 bits per heavy atom. The minimum Gasteiger partial charge on any atom is -0.508 e. The van der Waals surface area contributed by atoms with Gasteiger partial charge in [-0.1, -0.05) is 26.0 Å². The first-order valence-corrected chi connectivity index (χ1v) is 4.98. The van der Waals surface area contributed by atoms with Gasteiger partial charge in [0.2, 0.25) is 0 Å². The third kappa shape index (κ3) is 3.14. The van der Waals surface area contributed by atoms with E-state index in [2.05, 4.69) is 18.8 Å². The molecule has 1 aromatic rings. The molecule has 0 aliphatic rings. The van der Waals surface area contributed by atoms with Crippen LogP contribution in [0.5, 0.6) is 5.75 Å². The van der Waals surface area contributed by atoms with Crippen LogP contribution in [0, 0.1) is 11.8 Å². The summed E-state index contributed by atoms with van der Waals surface area (Å²) in [5.41, 5.74) is 1.15. The molecule has 1 atom stereocenters. The van der Waals surface area contributed by atoms with Crippen LogP contribution in [-0.4, -0.2) is 5.11 Å². The molecule has 0 bridgehead atoms. The lowest BCUT2D eigenvalue weighted by atomic mass is 9.98. The van der Waals surface area contributed by atoms with Gasteiger partial charge in [-0.25, -0.2) is 0 Å². The lowest BCUT2D eigenvalue weighted by molar-refractivity contribution is 0.474. The summed E-state index contributed by atoms with van der Waals surface area (Å²) in [5.74, 6) is 6.89. The molecule has 1 unspecified atom stereocenters. The summed E-state index contributed by atoms with van der Waals surface area (Å²) in [7, 11) is 0. The first kappa shape index (κ1) is 10.7. The second-order valence-electron chi connectivity index (χ2n) is 3.41. The average molecular weight is 188 g/mol. The van der Waals surface area contributed by atoms with Gasteiger partial charge in [0.15, 0.2) is 0 Å². The average Bonchev–Trinajstić information content (AvgIpc) is 2.18. The highest BCUT2D eigenvalue weighted by molar-refractivity contribution is 5.30. The fourth-order valence-electron chi connectivity index (χ4n) is 1.30. The molecule has 1 heteroatoms. The smallest absolute Gasteiger partial charge is 0.115 e. The third-order valence-corrected chi connectivity index (χ3v) is 2.15. The van der Waals surface area contributed by atoms with Crippen molar-refractivity contribution in [1.29, 1.82) is 0 Å². The van der Waals surface area contributed by atoms with Crippen molar-refractivity contribution in [3.8, 4) is 17.6 Å². The van der Waals surface area contributed by atoms with E-state index < -0.39 is 0 Å². The summed E-state index contributed by atoms with van der Waals surface area (Å²) in [5, 5.41) is 9.30. The van der Waals surface area contributed by atoms with Crippen molar-refractivity contribution in [2.45, 2.75) is 32.6 Å². The standard InChI is InChI=1S/C13H16O/c1-3-4-5-7-11(2)12-8-6-9-13(14)10-12/h6,8-11,14H,3,7H2,1-2H3. The van der Waals surface area contributed by atoms with Gasteiger partial charge in [0.25, 0.3) is 0 Å². The molecule has 0 saturated heterocycles. The monoisotopic (exact) mass is 188 g/mol. The van der Waals surface area contributed by atoms with Crippen molar-refractivity contribution in [2.75, 3.05) is 0 Å². The number of phenols is 1. The molecular weight excluding hydrogens is 172 g/mol. The molecule has 0 saturated carbocycles. The van der Waals surface area contributed by atoms with E-state index in [1.165, 1.54) is 0 Å². The minimum absolute atomic E-state index is 0.331. The molecule has 0 radical (unpaired) electrons. The molecule has 14 heavy (non-hydrogen) atoms. The Labute approximate surface area is 85.8 Å². The van der Waals surface area contributed by atoms with Crippen molar-refractivity contribution in [2.24, 2.45) is 0 Å². The van der Waals surface area contributed by atoms with Crippen molar-refractivity contribution < 1.29 is 5.11 Å². The van der Waals surface area contributed by atoms with E-state index in [1.54, 1.807) is 12.1 Å². The van der Waals surface area contributed by atoms with Gasteiger partial charge >= 0.3 is 0 Å². The van der Waals surface area contributed by atoms with E-state index in [0.29, 0.717) is 11.7 Å². The van der Waals surface area contributed by atoms with Crippen LogP contribution >= 0.6 is 0 Å². The molecule has 1 aromatic carbocycles. The number of hydrogen-bond donors (Lipinski definition) is 1. The molecule has 0 spiro atoms. The summed E-state index contributed by atoms with van der Waals surface area (Å²) in [6, 6.07) is 7.39. The predicted molar refractivity (Wildman–Crippen MR) is 59.2 cm³/mol. The van der Waals surface area contributed by atoms with Crippen molar-refractivity contribution in [1.82, 2.24) is 0 Å². The number of hydrogen-bond acceptors (Lipinski definition) is 1. The Bertz CT molecular complexity index is 344. The Hall–Kier alpha value is -1.42. The zero-order valence-electron chi connectivity index (χ0n) is 8.75. The lowest BCUT2D eigenvalue weighted by Crippen LogP contribution is -1.91. The third-order valence-electron chi connectivity index (χ3n) is 2.15. The van der Waals surface area contributed by atoms with Crippen LogP contribution in [0.4, 0.5) is 0 Å². The van der Waals surface area contributed by atoms with Crippen LogP contribution in [0.25, 0.3) is 0 Å². The fraction of sp³-hybridized carbons (Fsp3) is 0.385. The summed E-state index contributed by atoms with van der Waals surface area (Å²) < 4.78 is 0. The first-order valence-electron chi connectivity index (χ1n) is 4.98.